The number of carbonyl (C=O) groups is 2. The molecule has 0 saturated heterocycles. The molecule has 0 fully saturated rings. The Morgan fingerprint density at radius 1 is 1.04 bits per heavy atom. The molecule has 0 radical (unpaired) electrons. The summed E-state index contributed by atoms with van der Waals surface area (Å²) in [5, 5.41) is 1.11. The van der Waals surface area contributed by atoms with E-state index in [2.05, 4.69) is 44.4 Å². The SMILES string of the molecule is CC(C)(C)c1ccc(C(=O)Cc2ccc3sc(CCC(=O)NN)cc3c2)cc1. The van der Waals surface area contributed by atoms with Crippen molar-refractivity contribution in [2.24, 2.45) is 5.84 Å². The van der Waals surface area contributed by atoms with Gasteiger partial charge >= 0.3 is 0 Å². The molecule has 3 N–H and O–H groups in total. The van der Waals surface area contributed by atoms with Gasteiger partial charge in [0.15, 0.2) is 5.78 Å². The smallest absolute Gasteiger partial charge is 0.234 e. The van der Waals surface area contributed by atoms with Crippen LogP contribution in [0.1, 0.15) is 53.6 Å². The Kier molecular flexibility index (Phi) is 5.96. The lowest BCUT2D eigenvalue weighted by Crippen LogP contribution is -2.29. The molecule has 1 aromatic heterocycles. The van der Waals surface area contributed by atoms with Crippen LogP contribution in [-0.4, -0.2) is 11.7 Å². The minimum Gasteiger partial charge on any atom is -0.294 e. The molecule has 0 unspecified atom stereocenters. The van der Waals surface area contributed by atoms with Gasteiger partial charge in [0, 0.05) is 28.0 Å². The summed E-state index contributed by atoms with van der Waals surface area (Å²) in [6.07, 6.45) is 1.42. The first-order valence-corrected chi connectivity index (χ1v) is 10.2. The third-order valence-corrected chi connectivity index (χ3v) is 6.00. The van der Waals surface area contributed by atoms with E-state index in [1.165, 1.54) is 5.56 Å². The molecule has 1 heterocycles. The van der Waals surface area contributed by atoms with Crippen molar-refractivity contribution >= 4 is 33.1 Å². The van der Waals surface area contributed by atoms with Crippen LogP contribution in [0.2, 0.25) is 0 Å². The monoisotopic (exact) mass is 394 g/mol. The molecule has 5 heteroatoms. The molecule has 0 bridgehead atoms. The fourth-order valence-electron chi connectivity index (χ4n) is 3.13. The quantitative estimate of drug-likeness (QED) is 0.279. The maximum Gasteiger partial charge on any atom is 0.234 e. The Bertz CT molecular complexity index is 998. The highest BCUT2D eigenvalue weighted by Crippen LogP contribution is 2.28. The molecule has 0 aliphatic heterocycles. The number of rotatable bonds is 6. The lowest BCUT2D eigenvalue weighted by molar-refractivity contribution is -0.121. The van der Waals surface area contributed by atoms with Crippen LogP contribution < -0.4 is 11.3 Å². The normalized spacial score (nSPS) is 11.6. The van der Waals surface area contributed by atoms with E-state index in [1.54, 1.807) is 11.3 Å². The number of benzene rings is 2. The van der Waals surface area contributed by atoms with Crippen molar-refractivity contribution < 1.29 is 9.59 Å². The summed E-state index contributed by atoms with van der Waals surface area (Å²) in [5.74, 6) is 5.08. The highest BCUT2D eigenvalue weighted by molar-refractivity contribution is 7.19. The first-order chi connectivity index (χ1) is 13.3. The predicted octanol–water partition coefficient (Wildman–Crippen LogP) is 4.55. The van der Waals surface area contributed by atoms with Crippen molar-refractivity contribution in [1.82, 2.24) is 5.43 Å². The zero-order valence-electron chi connectivity index (χ0n) is 16.5. The van der Waals surface area contributed by atoms with E-state index in [9.17, 15) is 9.59 Å². The third kappa shape index (κ3) is 4.86. The summed E-state index contributed by atoms with van der Waals surface area (Å²) in [7, 11) is 0. The Morgan fingerprint density at radius 3 is 2.39 bits per heavy atom. The van der Waals surface area contributed by atoms with Gasteiger partial charge in [-0.2, -0.15) is 0 Å². The minimum absolute atomic E-state index is 0.0775. The highest BCUT2D eigenvalue weighted by atomic mass is 32.1. The fourth-order valence-corrected chi connectivity index (χ4v) is 4.18. The summed E-state index contributed by atoms with van der Waals surface area (Å²) in [4.78, 5) is 25.1. The molecule has 28 heavy (non-hydrogen) atoms. The van der Waals surface area contributed by atoms with Gasteiger partial charge in [-0.3, -0.25) is 15.0 Å². The highest BCUT2D eigenvalue weighted by Gasteiger charge is 2.15. The number of Topliss-reactive ketones (excluding diaryl/α,β-unsaturated/α-hetero) is 1. The second-order valence-electron chi connectivity index (χ2n) is 8.08. The number of ketones is 1. The van der Waals surface area contributed by atoms with Crippen molar-refractivity contribution in [3.05, 3.63) is 70.1 Å². The van der Waals surface area contributed by atoms with Crippen LogP contribution in [0.5, 0.6) is 0 Å². The number of nitrogens with one attached hydrogen (secondary N) is 1. The van der Waals surface area contributed by atoms with Gasteiger partial charge in [-0.05, 0) is 46.5 Å². The molecule has 2 aromatic carbocycles. The molecule has 3 aromatic rings. The first-order valence-electron chi connectivity index (χ1n) is 9.41. The van der Waals surface area contributed by atoms with Gasteiger partial charge in [-0.15, -0.1) is 11.3 Å². The Morgan fingerprint density at radius 2 is 1.75 bits per heavy atom. The molecular formula is C23H26N2O2S. The summed E-state index contributed by atoms with van der Waals surface area (Å²) < 4.78 is 1.16. The molecule has 0 aliphatic carbocycles. The van der Waals surface area contributed by atoms with E-state index in [0.717, 1.165) is 26.1 Å². The van der Waals surface area contributed by atoms with Crippen LogP contribution in [0, 0.1) is 0 Å². The fraction of sp³-hybridized carbons (Fsp3) is 0.304. The van der Waals surface area contributed by atoms with E-state index in [4.69, 9.17) is 5.84 Å². The Balaban J connectivity index is 1.71. The predicted molar refractivity (Wildman–Crippen MR) is 116 cm³/mol. The van der Waals surface area contributed by atoms with Crippen molar-refractivity contribution in [3.63, 3.8) is 0 Å². The van der Waals surface area contributed by atoms with E-state index in [0.29, 0.717) is 19.3 Å². The van der Waals surface area contributed by atoms with E-state index in [-0.39, 0.29) is 17.1 Å². The van der Waals surface area contributed by atoms with Gasteiger partial charge in [0.1, 0.15) is 0 Å². The first kappa shape index (κ1) is 20.2. The average molecular weight is 395 g/mol. The number of carbonyl (C=O) groups excluding carboxylic acids is 2. The maximum atomic E-state index is 12.7. The van der Waals surface area contributed by atoms with Crippen molar-refractivity contribution in [2.75, 3.05) is 0 Å². The van der Waals surface area contributed by atoms with Crippen molar-refractivity contribution in [2.45, 2.75) is 45.4 Å². The van der Waals surface area contributed by atoms with Crippen LogP contribution in [0.3, 0.4) is 0 Å². The van der Waals surface area contributed by atoms with Gasteiger partial charge in [-0.1, -0.05) is 51.1 Å². The summed E-state index contributed by atoms with van der Waals surface area (Å²) in [6, 6.07) is 16.2. The standard InChI is InChI=1S/C23H26N2O2S/c1-23(2,3)18-7-5-16(6-8-18)20(26)13-15-4-10-21-17(12-15)14-19(28-21)9-11-22(27)25-24/h4-8,10,12,14H,9,11,13,24H2,1-3H3,(H,25,27). The van der Waals surface area contributed by atoms with E-state index < -0.39 is 0 Å². The minimum atomic E-state index is -0.166. The Hall–Kier alpha value is -2.50. The molecule has 146 valence electrons. The number of thiophene rings is 1. The molecule has 0 spiro atoms. The van der Waals surface area contributed by atoms with Gasteiger partial charge < -0.3 is 0 Å². The number of hydrogen-bond acceptors (Lipinski definition) is 4. The van der Waals surface area contributed by atoms with Crippen molar-refractivity contribution in [3.8, 4) is 0 Å². The molecular weight excluding hydrogens is 368 g/mol. The second kappa shape index (κ2) is 8.25. The average Bonchev–Trinajstić information content (AvgIpc) is 3.07. The molecule has 4 nitrogen and oxygen atoms in total. The Labute approximate surface area is 169 Å². The zero-order valence-corrected chi connectivity index (χ0v) is 17.4. The summed E-state index contributed by atoms with van der Waals surface area (Å²) in [5.41, 5.74) is 5.20. The zero-order chi connectivity index (χ0) is 20.3. The summed E-state index contributed by atoms with van der Waals surface area (Å²) in [6.45, 7) is 6.49. The summed E-state index contributed by atoms with van der Waals surface area (Å²) >= 11 is 1.67. The van der Waals surface area contributed by atoms with E-state index in [1.807, 2.05) is 30.3 Å². The van der Waals surface area contributed by atoms with Crippen LogP contribution in [0.4, 0.5) is 0 Å². The van der Waals surface area contributed by atoms with Crippen LogP contribution >= 0.6 is 11.3 Å². The van der Waals surface area contributed by atoms with Crippen molar-refractivity contribution in [1.29, 1.82) is 0 Å². The second-order valence-corrected chi connectivity index (χ2v) is 9.25. The molecule has 0 saturated carbocycles. The molecule has 0 atom stereocenters. The topological polar surface area (TPSA) is 72.2 Å². The van der Waals surface area contributed by atoms with Gasteiger partial charge in [0.25, 0.3) is 0 Å². The third-order valence-electron chi connectivity index (χ3n) is 4.83. The van der Waals surface area contributed by atoms with Crippen LogP contribution in [0.25, 0.3) is 10.1 Å². The molecule has 1 amide bonds. The number of hydrogen-bond donors (Lipinski definition) is 2. The number of aryl methyl sites for hydroxylation is 1. The number of nitrogens with two attached hydrogens (primary N) is 1. The lowest BCUT2D eigenvalue weighted by atomic mass is 9.86. The maximum absolute atomic E-state index is 12.7. The number of hydrazine groups is 1. The number of fused-ring (bicyclic) bond motifs is 1. The molecule has 3 rings (SSSR count). The number of amides is 1. The van der Waals surface area contributed by atoms with Crippen LogP contribution in [-0.2, 0) is 23.1 Å². The largest absolute Gasteiger partial charge is 0.294 e. The van der Waals surface area contributed by atoms with Gasteiger partial charge in [0.05, 0.1) is 0 Å². The molecule has 0 aliphatic rings. The van der Waals surface area contributed by atoms with Gasteiger partial charge in [-0.25, -0.2) is 5.84 Å². The van der Waals surface area contributed by atoms with Gasteiger partial charge in [0.2, 0.25) is 5.91 Å². The van der Waals surface area contributed by atoms with Crippen LogP contribution in [0.15, 0.2) is 48.5 Å². The van der Waals surface area contributed by atoms with E-state index >= 15 is 0 Å². The lowest BCUT2D eigenvalue weighted by Gasteiger charge is -2.19.